The lowest BCUT2D eigenvalue weighted by atomic mass is 10.3. The summed E-state index contributed by atoms with van der Waals surface area (Å²) in [5.41, 5.74) is 5.48. The molecular weight excluding hydrogens is 303 g/mol. The maximum atomic E-state index is 13.5. The molecule has 1 aromatic heterocycles. The van der Waals surface area contributed by atoms with Crippen LogP contribution in [0.3, 0.4) is 0 Å². The lowest BCUT2D eigenvalue weighted by molar-refractivity contribution is 0.102. The zero-order valence-corrected chi connectivity index (χ0v) is 10.6. The Hall–Kier alpha value is -2.02. The van der Waals surface area contributed by atoms with Gasteiger partial charge < -0.3 is 11.1 Å². The second kappa shape index (κ2) is 5.09. The van der Waals surface area contributed by atoms with Gasteiger partial charge in [0.05, 0.1) is 5.69 Å². The van der Waals surface area contributed by atoms with Crippen LogP contribution in [0, 0.1) is 5.82 Å². The predicted molar refractivity (Wildman–Crippen MR) is 68.5 cm³/mol. The van der Waals surface area contributed by atoms with E-state index in [1.165, 1.54) is 24.3 Å². The number of nitrogens with one attached hydrogen (secondary N) is 1. The minimum Gasteiger partial charge on any atom is -0.382 e. The van der Waals surface area contributed by atoms with Crippen molar-refractivity contribution in [3.05, 3.63) is 46.3 Å². The average Bonchev–Trinajstić information content (AvgIpc) is 2.33. The van der Waals surface area contributed by atoms with E-state index in [1.54, 1.807) is 6.07 Å². The highest BCUT2D eigenvalue weighted by molar-refractivity contribution is 9.10. The van der Waals surface area contributed by atoms with Crippen LogP contribution in [0.15, 0.2) is 34.8 Å². The van der Waals surface area contributed by atoms with Crippen molar-refractivity contribution in [3.8, 4) is 0 Å². The third-order valence-corrected chi connectivity index (χ3v) is 2.59. The number of halogens is 2. The molecule has 0 spiro atoms. The third kappa shape index (κ3) is 2.80. The quantitative estimate of drug-likeness (QED) is 0.891. The van der Waals surface area contributed by atoms with Crippen LogP contribution in [0.25, 0.3) is 0 Å². The summed E-state index contributed by atoms with van der Waals surface area (Å²) in [7, 11) is 0. The van der Waals surface area contributed by atoms with E-state index in [9.17, 15) is 9.18 Å². The zero-order valence-electron chi connectivity index (χ0n) is 9.02. The lowest BCUT2D eigenvalue weighted by Crippen LogP contribution is -2.15. The first kappa shape index (κ1) is 12.4. The van der Waals surface area contributed by atoms with Gasteiger partial charge >= 0.3 is 0 Å². The Morgan fingerprint density at radius 3 is 2.67 bits per heavy atom. The standard InChI is InChI=1S/C11H8BrFN4O/c12-6-1-2-8(7(13)5-6)15-11(18)9-3-4-10(14)17-16-9/h1-5H,(H2,14,17)(H,15,18). The van der Waals surface area contributed by atoms with Gasteiger partial charge in [-0.05, 0) is 30.3 Å². The van der Waals surface area contributed by atoms with Crippen LogP contribution in [0.5, 0.6) is 0 Å². The van der Waals surface area contributed by atoms with E-state index in [0.29, 0.717) is 4.47 Å². The maximum Gasteiger partial charge on any atom is 0.276 e. The lowest BCUT2D eigenvalue weighted by Gasteiger charge is -2.05. The normalized spacial score (nSPS) is 10.1. The van der Waals surface area contributed by atoms with E-state index in [4.69, 9.17) is 5.73 Å². The number of amides is 1. The van der Waals surface area contributed by atoms with Crippen molar-refractivity contribution < 1.29 is 9.18 Å². The Bertz CT molecular complexity index is 588. The molecule has 1 aromatic carbocycles. The SMILES string of the molecule is Nc1ccc(C(=O)Nc2ccc(Br)cc2F)nn1. The average molecular weight is 311 g/mol. The molecule has 0 saturated carbocycles. The summed E-state index contributed by atoms with van der Waals surface area (Å²) in [5.74, 6) is -0.883. The largest absolute Gasteiger partial charge is 0.382 e. The summed E-state index contributed by atoms with van der Waals surface area (Å²) >= 11 is 3.13. The van der Waals surface area contributed by atoms with Gasteiger partial charge in [0.1, 0.15) is 11.6 Å². The zero-order chi connectivity index (χ0) is 13.1. The molecule has 5 nitrogen and oxygen atoms in total. The molecule has 1 amide bonds. The Labute approximate surface area is 110 Å². The molecule has 7 heteroatoms. The van der Waals surface area contributed by atoms with Crippen LogP contribution in [-0.4, -0.2) is 16.1 Å². The highest BCUT2D eigenvalue weighted by atomic mass is 79.9. The summed E-state index contributed by atoms with van der Waals surface area (Å²) in [6.07, 6.45) is 0. The molecule has 0 atom stereocenters. The van der Waals surface area contributed by atoms with E-state index < -0.39 is 11.7 Å². The van der Waals surface area contributed by atoms with Crippen molar-refractivity contribution >= 4 is 33.3 Å². The van der Waals surface area contributed by atoms with E-state index in [-0.39, 0.29) is 17.2 Å². The number of carbonyl (C=O) groups excluding carboxylic acids is 1. The minimum atomic E-state index is -0.552. The number of hydrogen-bond donors (Lipinski definition) is 2. The number of aromatic nitrogens is 2. The Morgan fingerprint density at radius 2 is 2.06 bits per heavy atom. The van der Waals surface area contributed by atoms with Crippen molar-refractivity contribution in [1.82, 2.24) is 10.2 Å². The molecule has 2 aromatic rings. The fourth-order valence-electron chi connectivity index (χ4n) is 1.24. The monoisotopic (exact) mass is 310 g/mol. The fourth-order valence-corrected chi connectivity index (χ4v) is 1.57. The molecule has 0 aliphatic carbocycles. The Balaban J connectivity index is 2.18. The van der Waals surface area contributed by atoms with Crippen LogP contribution < -0.4 is 11.1 Å². The topological polar surface area (TPSA) is 80.9 Å². The molecule has 0 fully saturated rings. The van der Waals surface area contributed by atoms with Gasteiger partial charge in [-0.25, -0.2) is 4.39 Å². The van der Waals surface area contributed by atoms with Gasteiger partial charge in [-0.1, -0.05) is 15.9 Å². The van der Waals surface area contributed by atoms with E-state index in [0.717, 1.165) is 0 Å². The third-order valence-electron chi connectivity index (χ3n) is 2.10. The highest BCUT2D eigenvalue weighted by Crippen LogP contribution is 2.19. The second-order valence-corrected chi connectivity index (χ2v) is 4.34. The van der Waals surface area contributed by atoms with E-state index >= 15 is 0 Å². The van der Waals surface area contributed by atoms with Gasteiger partial charge in [0, 0.05) is 4.47 Å². The van der Waals surface area contributed by atoms with Crippen molar-refractivity contribution in [1.29, 1.82) is 0 Å². The first-order valence-electron chi connectivity index (χ1n) is 4.92. The number of carbonyl (C=O) groups is 1. The van der Waals surface area contributed by atoms with Gasteiger partial charge in [0.15, 0.2) is 5.69 Å². The van der Waals surface area contributed by atoms with Gasteiger partial charge in [-0.3, -0.25) is 4.79 Å². The smallest absolute Gasteiger partial charge is 0.276 e. The van der Waals surface area contributed by atoms with Crippen LogP contribution in [-0.2, 0) is 0 Å². The summed E-state index contributed by atoms with van der Waals surface area (Å²) in [4.78, 5) is 11.7. The minimum absolute atomic E-state index is 0.0616. The van der Waals surface area contributed by atoms with Gasteiger partial charge in [0.2, 0.25) is 0 Å². The molecule has 0 bridgehead atoms. The number of benzene rings is 1. The van der Waals surface area contributed by atoms with Gasteiger partial charge in [-0.2, -0.15) is 0 Å². The fraction of sp³-hybridized carbons (Fsp3) is 0. The molecule has 0 unspecified atom stereocenters. The van der Waals surface area contributed by atoms with Gasteiger partial charge in [-0.15, -0.1) is 10.2 Å². The van der Waals surface area contributed by atoms with E-state index in [2.05, 4.69) is 31.4 Å². The van der Waals surface area contributed by atoms with Crippen molar-refractivity contribution in [2.45, 2.75) is 0 Å². The van der Waals surface area contributed by atoms with Crippen LogP contribution >= 0.6 is 15.9 Å². The molecule has 0 aliphatic rings. The molecule has 0 radical (unpaired) electrons. The van der Waals surface area contributed by atoms with Crippen molar-refractivity contribution in [2.75, 3.05) is 11.1 Å². The number of nitrogen functional groups attached to an aromatic ring is 1. The summed E-state index contributed by atoms with van der Waals surface area (Å²) in [5, 5.41) is 9.54. The number of hydrogen-bond acceptors (Lipinski definition) is 4. The molecule has 1 heterocycles. The highest BCUT2D eigenvalue weighted by Gasteiger charge is 2.11. The molecule has 2 rings (SSSR count). The molecule has 3 N–H and O–H groups in total. The molecular formula is C11H8BrFN4O. The number of nitrogens with two attached hydrogens (primary N) is 1. The second-order valence-electron chi connectivity index (χ2n) is 3.42. The van der Waals surface area contributed by atoms with Crippen LogP contribution in [0.1, 0.15) is 10.5 Å². The van der Waals surface area contributed by atoms with E-state index in [1.807, 2.05) is 0 Å². The molecule has 0 aliphatic heterocycles. The summed E-state index contributed by atoms with van der Waals surface area (Å²) in [6.45, 7) is 0. The van der Waals surface area contributed by atoms with Crippen molar-refractivity contribution in [3.63, 3.8) is 0 Å². The van der Waals surface area contributed by atoms with Gasteiger partial charge in [0.25, 0.3) is 5.91 Å². The van der Waals surface area contributed by atoms with Crippen LogP contribution in [0.4, 0.5) is 15.9 Å². The summed E-state index contributed by atoms with van der Waals surface area (Å²) < 4.78 is 14.1. The number of nitrogens with zero attached hydrogens (tertiary/aromatic N) is 2. The Morgan fingerprint density at radius 1 is 1.28 bits per heavy atom. The summed E-state index contributed by atoms with van der Waals surface area (Å²) in [6, 6.07) is 7.17. The molecule has 18 heavy (non-hydrogen) atoms. The molecule has 0 saturated heterocycles. The molecule has 92 valence electrons. The Kier molecular flexibility index (Phi) is 3.52. The number of anilines is 2. The predicted octanol–water partition coefficient (Wildman–Crippen LogP) is 2.21. The number of rotatable bonds is 2. The first-order chi connectivity index (χ1) is 8.56. The first-order valence-corrected chi connectivity index (χ1v) is 5.71. The van der Waals surface area contributed by atoms with Crippen LogP contribution in [0.2, 0.25) is 0 Å². The maximum absolute atomic E-state index is 13.5. The van der Waals surface area contributed by atoms with Crippen molar-refractivity contribution in [2.24, 2.45) is 0 Å².